The maximum absolute atomic E-state index is 4.99. The monoisotopic (exact) mass is 327 g/mol. The van der Waals surface area contributed by atoms with E-state index >= 15 is 0 Å². The van der Waals surface area contributed by atoms with Gasteiger partial charge in [0.15, 0.2) is 0 Å². The number of hydrogen-bond donors (Lipinski definition) is 0. The maximum Gasteiger partial charge on any atom is 0.133 e. The fraction of sp³-hybridized carbons (Fsp3) is 0.182. The van der Waals surface area contributed by atoms with Crippen molar-refractivity contribution in [2.45, 2.75) is 26.8 Å². The van der Waals surface area contributed by atoms with Crippen LogP contribution in [0.15, 0.2) is 60.7 Å². The van der Waals surface area contributed by atoms with Crippen LogP contribution in [0.5, 0.6) is 0 Å². The molecule has 4 rings (SSSR count). The van der Waals surface area contributed by atoms with E-state index in [1.165, 1.54) is 0 Å². The summed E-state index contributed by atoms with van der Waals surface area (Å²) < 4.78 is 2.27. The molecule has 2 heterocycles. The van der Waals surface area contributed by atoms with Gasteiger partial charge in [0.05, 0.1) is 16.7 Å². The van der Waals surface area contributed by atoms with Crippen LogP contribution in [0.2, 0.25) is 0 Å². The molecule has 3 nitrogen and oxygen atoms in total. The van der Waals surface area contributed by atoms with Gasteiger partial charge in [0, 0.05) is 17.5 Å². The lowest BCUT2D eigenvalue weighted by Gasteiger charge is -2.09. The van der Waals surface area contributed by atoms with E-state index in [2.05, 4.69) is 73.0 Å². The van der Waals surface area contributed by atoms with Gasteiger partial charge in [0.25, 0.3) is 0 Å². The molecule has 0 bridgehead atoms. The summed E-state index contributed by atoms with van der Waals surface area (Å²) in [7, 11) is 0. The van der Waals surface area contributed by atoms with Gasteiger partial charge < -0.3 is 4.57 Å². The van der Waals surface area contributed by atoms with Crippen molar-refractivity contribution < 1.29 is 0 Å². The Balaban J connectivity index is 2.15. The topological polar surface area (TPSA) is 30.7 Å². The second kappa shape index (κ2) is 6.52. The van der Waals surface area contributed by atoms with Gasteiger partial charge in [-0.1, -0.05) is 61.5 Å². The molecule has 124 valence electrons. The largest absolute Gasteiger partial charge is 0.323 e. The molecule has 4 aromatic rings. The molecule has 0 N–H and O–H groups in total. The minimum absolute atomic E-state index is 0.861. The number of pyridine rings is 1. The van der Waals surface area contributed by atoms with E-state index in [0.29, 0.717) is 0 Å². The number of hydrogen-bond acceptors (Lipinski definition) is 2. The summed E-state index contributed by atoms with van der Waals surface area (Å²) in [6.45, 7) is 5.16. The lowest BCUT2D eigenvalue weighted by atomic mass is 10.1. The molecule has 0 atom stereocenters. The van der Waals surface area contributed by atoms with Crippen molar-refractivity contribution in [3.8, 4) is 11.3 Å². The number of rotatable bonds is 4. The van der Waals surface area contributed by atoms with Crippen molar-refractivity contribution >= 4 is 28.0 Å². The predicted octanol–water partition coefficient (Wildman–Crippen LogP) is 5.69. The van der Waals surface area contributed by atoms with E-state index in [1.807, 2.05) is 12.1 Å². The van der Waals surface area contributed by atoms with Crippen LogP contribution in [-0.4, -0.2) is 14.5 Å². The molecule has 0 saturated heterocycles. The molecule has 2 aromatic heterocycles. The third kappa shape index (κ3) is 2.62. The Labute approximate surface area is 147 Å². The fourth-order valence-electron chi connectivity index (χ4n) is 3.31. The van der Waals surface area contributed by atoms with Crippen LogP contribution in [0, 0.1) is 0 Å². The van der Waals surface area contributed by atoms with Crippen LogP contribution < -0.4 is 0 Å². The summed E-state index contributed by atoms with van der Waals surface area (Å²) >= 11 is 0. The van der Waals surface area contributed by atoms with Crippen molar-refractivity contribution in [3.05, 3.63) is 66.5 Å². The van der Waals surface area contributed by atoms with Gasteiger partial charge >= 0.3 is 0 Å². The number of aromatic nitrogens is 3. The van der Waals surface area contributed by atoms with Crippen LogP contribution in [0.25, 0.3) is 39.3 Å². The highest BCUT2D eigenvalue weighted by atomic mass is 15.1. The molecule has 25 heavy (non-hydrogen) atoms. The molecular formula is C22H21N3. The summed E-state index contributed by atoms with van der Waals surface area (Å²) in [5.74, 6) is 0.995. The molecule has 0 spiro atoms. The van der Waals surface area contributed by atoms with E-state index in [-0.39, 0.29) is 0 Å². The number of nitrogens with zero attached hydrogens (tertiary/aromatic N) is 3. The van der Waals surface area contributed by atoms with Crippen LogP contribution in [0.4, 0.5) is 0 Å². The minimum atomic E-state index is 0.861. The van der Waals surface area contributed by atoms with Crippen molar-refractivity contribution in [2.24, 2.45) is 0 Å². The first-order chi connectivity index (χ1) is 12.3. The van der Waals surface area contributed by atoms with Crippen molar-refractivity contribution in [2.75, 3.05) is 0 Å². The smallest absolute Gasteiger partial charge is 0.133 e. The van der Waals surface area contributed by atoms with E-state index in [1.54, 1.807) is 0 Å². The van der Waals surface area contributed by atoms with Crippen LogP contribution in [-0.2, 0) is 6.54 Å². The number of allylic oxidation sites excluding steroid dienone is 1. The van der Waals surface area contributed by atoms with Crippen LogP contribution in [0.1, 0.15) is 26.1 Å². The number of fused-ring (bicyclic) bond motifs is 3. The van der Waals surface area contributed by atoms with Crippen molar-refractivity contribution in [3.63, 3.8) is 0 Å². The highest BCUT2D eigenvalue weighted by Crippen LogP contribution is 2.33. The van der Waals surface area contributed by atoms with E-state index < -0.39 is 0 Å². The molecular weight excluding hydrogens is 306 g/mol. The van der Waals surface area contributed by atoms with Crippen molar-refractivity contribution in [1.29, 1.82) is 0 Å². The third-order valence-corrected chi connectivity index (χ3v) is 4.48. The van der Waals surface area contributed by atoms with E-state index in [0.717, 1.165) is 52.0 Å². The summed E-state index contributed by atoms with van der Waals surface area (Å²) in [5, 5.41) is 1.11. The van der Waals surface area contributed by atoms with Gasteiger partial charge in [-0.2, -0.15) is 0 Å². The molecule has 0 fully saturated rings. The molecule has 3 heteroatoms. The second-order valence-corrected chi connectivity index (χ2v) is 6.07. The first-order valence-electron chi connectivity index (χ1n) is 8.84. The Kier molecular flexibility index (Phi) is 4.06. The lowest BCUT2D eigenvalue weighted by molar-refractivity contribution is 0.776. The number of aryl methyl sites for hydroxylation is 1. The summed E-state index contributed by atoms with van der Waals surface area (Å²) in [6, 6.07) is 18.6. The molecule has 0 radical (unpaired) electrons. The zero-order valence-electron chi connectivity index (χ0n) is 14.6. The first kappa shape index (κ1) is 15.6. The average Bonchev–Trinajstić information content (AvgIpc) is 3.05. The molecule has 0 aliphatic rings. The quantitative estimate of drug-likeness (QED) is 0.482. The minimum Gasteiger partial charge on any atom is -0.323 e. The van der Waals surface area contributed by atoms with E-state index in [4.69, 9.17) is 9.97 Å². The molecule has 0 unspecified atom stereocenters. The standard InChI is InChI=1S/C22H21N3/c1-3-5-15-19-24-21-17-13-9-10-14-18(17)23-20(22(21)25(19)4-2)16-11-7-6-8-12-16/h5-15H,3-4H2,1-2H3/b15-5-. The number of para-hydroxylation sites is 1. The SMILES string of the molecule is CC/C=C\c1nc2c3ccccc3nc(-c3ccccc3)c2n1CC. The van der Waals surface area contributed by atoms with Gasteiger partial charge in [-0.05, 0) is 25.5 Å². The predicted molar refractivity (Wildman–Crippen MR) is 105 cm³/mol. The molecule has 2 aromatic carbocycles. The second-order valence-electron chi connectivity index (χ2n) is 6.07. The number of benzene rings is 2. The molecule has 0 amide bonds. The molecule has 0 aliphatic carbocycles. The normalized spacial score (nSPS) is 11.8. The van der Waals surface area contributed by atoms with Gasteiger partial charge in [-0.25, -0.2) is 9.97 Å². The van der Waals surface area contributed by atoms with Gasteiger partial charge in [-0.3, -0.25) is 0 Å². The highest BCUT2D eigenvalue weighted by molar-refractivity contribution is 6.08. The highest BCUT2D eigenvalue weighted by Gasteiger charge is 2.17. The van der Waals surface area contributed by atoms with Gasteiger partial charge in [0.1, 0.15) is 11.3 Å². The first-order valence-corrected chi connectivity index (χ1v) is 8.84. The Bertz CT molecular complexity index is 1060. The summed E-state index contributed by atoms with van der Waals surface area (Å²) in [4.78, 5) is 9.96. The third-order valence-electron chi connectivity index (χ3n) is 4.48. The van der Waals surface area contributed by atoms with Crippen molar-refractivity contribution in [1.82, 2.24) is 14.5 Å². The van der Waals surface area contributed by atoms with E-state index in [9.17, 15) is 0 Å². The van der Waals surface area contributed by atoms with Crippen LogP contribution >= 0.6 is 0 Å². The average molecular weight is 327 g/mol. The Morgan fingerprint density at radius 3 is 2.44 bits per heavy atom. The lowest BCUT2D eigenvalue weighted by Crippen LogP contribution is -1.99. The summed E-state index contributed by atoms with van der Waals surface area (Å²) in [6.07, 6.45) is 5.27. The zero-order valence-corrected chi connectivity index (χ0v) is 14.6. The Morgan fingerprint density at radius 1 is 0.920 bits per heavy atom. The maximum atomic E-state index is 4.99. The van der Waals surface area contributed by atoms with Gasteiger partial charge in [0.2, 0.25) is 0 Å². The summed E-state index contributed by atoms with van der Waals surface area (Å²) in [5.41, 5.74) is 5.25. The van der Waals surface area contributed by atoms with Crippen LogP contribution in [0.3, 0.4) is 0 Å². The molecule has 0 aliphatic heterocycles. The fourth-order valence-corrected chi connectivity index (χ4v) is 3.31. The molecule has 0 saturated carbocycles. The Morgan fingerprint density at radius 2 is 1.68 bits per heavy atom. The van der Waals surface area contributed by atoms with Gasteiger partial charge in [-0.15, -0.1) is 0 Å². The number of imidazole rings is 1. The zero-order chi connectivity index (χ0) is 17.2. The Hall–Kier alpha value is -2.94.